The highest BCUT2D eigenvalue weighted by molar-refractivity contribution is 7.89. The summed E-state index contributed by atoms with van der Waals surface area (Å²) in [5.74, 6) is 0.559. The molecule has 2 N–H and O–H groups in total. The second kappa shape index (κ2) is 7.92. The van der Waals surface area contributed by atoms with Gasteiger partial charge in [0.15, 0.2) is 0 Å². The summed E-state index contributed by atoms with van der Waals surface area (Å²) in [5, 5.41) is 8.67. The smallest absolute Gasteiger partial charge is 0.303 e. The number of sulfonamides is 1. The number of aliphatic carboxylic acids is 1. The molecule has 4 unspecified atom stereocenters. The van der Waals surface area contributed by atoms with Gasteiger partial charge in [0, 0.05) is 12.5 Å². The number of carbonyl (C=O) groups is 1. The van der Waals surface area contributed by atoms with Crippen LogP contribution in [0, 0.1) is 24.7 Å². The first-order chi connectivity index (χ1) is 12.3. The van der Waals surface area contributed by atoms with E-state index in [4.69, 9.17) is 5.11 Å². The highest BCUT2D eigenvalue weighted by Crippen LogP contribution is 2.49. The lowest BCUT2D eigenvalue weighted by molar-refractivity contribution is -0.137. The van der Waals surface area contributed by atoms with Gasteiger partial charge in [0.25, 0.3) is 0 Å². The van der Waals surface area contributed by atoms with Gasteiger partial charge in [0.05, 0.1) is 4.90 Å². The predicted octanol–water partition coefficient (Wildman–Crippen LogP) is 3.50. The van der Waals surface area contributed by atoms with Crippen molar-refractivity contribution in [1.29, 1.82) is 0 Å². The molecule has 1 aromatic rings. The Balaban J connectivity index is 1.59. The Morgan fingerprint density at radius 1 is 1.23 bits per heavy atom. The highest BCUT2D eigenvalue weighted by Gasteiger charge is 2.46. The molecular formula is C20H27NO4S. The maximum absolute atomic E-state index is 12.7. The van der Waals surface area contributed by atoms with E-state index in [9.17, 15) is 13.2 Å². The van der Waals surface area contributed by atoms with E-state index in [-0.39, 0.29) is 12.5 Å². The van der Waals surface area contributed by atoms with Gasteiger partial charge in [-0.05, 0) is 68.9 Å². The van der Waals surface area contributed by atoms with Gasteiger partial charge in [-0.1, -0.05) is 29.8 Å². The molecule has 4 atom stereocenters. The van der Waals surface area contributed by atoms with E-state index in [1.54, 1.807) is 12.1 Å². The number of carboxylic acids is 1. The fourth-order valence-corrected chi connectivity index (χ4v) is 5.69. The maximum atomic E-state index is 12.7. The number of aryl methyl sites for hydroxylation is 1. The number of hydrogen-bond acceptors (Lipinski definition) is 3. The first-order valence-corrected chi connectivity index (χ1v) is 10.8. The van der Waals surface area contributed by atoms with Crippen LogP contribution in [-0.4, -0.2) is 25.5 Å². The minimum Gasteiger partial charge on any atom is -0.481 e. The standard InChI is InChI=1S/C20H27NO4S/c1-14-7-9-17(10-8-14)26(24,25)21-19-13-15-11-16(18(19)12-15)5-3-2-4-6-20(22)23/h3,5,7-10,15-16,18-19,21H,2,4,6,11-13H2,1H3,(H,22,23). The zero-order valence-electron chi connectivity index (χ0n) is 15.1. The largest absolute Gasteiger partial charge is 0.481 e. The van der Waals surface area contributed by atoms with Crippen molar-refractivity contribution in [1.82, 2.24) is 4.72 Å². The van der Waals surface area contributed by atoms with Crippen LogP contribution in [0.4, 0.5) is 0 Å². The Bertz CT molecular complexity index is 770. The van der Waals surface area contributed by atoms with Gasteiger partial charge in [0.2, 0.25) is 10.0 Å². The van der Waals surface area contributed by atoms with Gasteiger partial charge in [-0.25, -0.2) is 13.1 Å². The fourth-order valence-electron chi connectivity index (χ4n) is 4.39. The third-order valence-electron chi connectivity index (χ3n) is 5.65. The second-order valence-corrected chi connectivity index (χ2v) is 9.37. The molecule has 1 aromatic carbocycles. The van der Waals surface area contributed by atoms with Gasteiger partial charge >= 0.3 is 5.97 Å². The van der Waals surface area contributed by atoms with Crippen LogP contribution in [-0.2, 0) is 14.8 Å². The number of nitrogens with one attached hydrogen (secondary N) is 1. The normalized spacial score (nSPS) is 28.0. The lowest BCUT2D eigenvalue weighted by atomic mass is 9.85. The summed E-state index contributed by atoms with van der Waals surface area (Å²) in [6.07, 6.45) is 8.96. The SMILES string of the molecule is Cc1ccc(S(=O)(=O)NC2CC3CC(C=CCCCC(=O)O)C2C3)cc1. The molecule has 2 saturated carbocycles. The van der Waals surface area contributed by atoms with Crippen molar-refractivity contribution >= 4 is 16.0 Å². The van der Waals surface area contributed by atoms with Crippen LogP contribution in [0.15, 0.2) is 41.3 Å². The summed E-state index contributed by atoms with van der Waals surface area (Å²) in [6, 6.07) is 6.94. The molecule has 0 spiro atoms. The average Bonchev–Trinajstić information content (AvgIpc) is 3.14. The Kier molecular flexibility index (Phi) is 5.82. The topological polar surface area (TPSA) is 83.5 Å². The molecule has 3 rings (SSSR count). The van der Waals surface area contributed by atoms with Crippen LogP contribution in [0.3, 0.4) is 0 Å². The molecule has 26 heavy (non-hydrogen) atoms. The van der Waals surface area contributed by atoms with Crippen LogP contribution >= 0.6 is 0 Å². The molecule has 2 aliphatic carbocycles. The monoisotopic (exact) mass is 377 g/mol. The van der Waals surface area contributed by atoms with Gasteiger partial charge in [0.1, 0.15) is 0 Å². The molecule has 2 fully saturated rings. The van der Waals surface area contributed by atoms with E-state index < -0.39 is 16.0 Å². The van der Waals surface area contributed by atoms with E-state index in [1.807, 2.05) is 19.1 Å². The molecule has 2 aliphatic rings. The minimum atomic E-state index is -3.48. The first kappa shape index (κ1) is 19.1. The predicted molar refractivity (Wildman–Crippen MR) is 100 cm³/mol. The first-order valence-electron chi connectivity index (χ1n) is 9.32. The number of carboxylic acid groups (broad SMARTS) is 1. The molecule has 6 heteroatoms. The Morgan fingerprint density at radius 2 is 1.96 bits per heavy atom. The summed E-state index contributed by atoms with van der Waals surface area (Å²) in [7, 11) is -3.48. The van der Waals surface area contributed by atoms with Gasteiger partial charge in [-0.2, -0.15) is 0 Å². The Morgan fingerprint density at radius 3 is 2.62 bits per heavy atom. The second-order valence-electron chi connectivity index (χ2n) is 7.66. The number of hydrogen-bond donors (Lipinski definition) is 2. The van der Waals surface area contributed by atoms with Crippen LogP contribution in [0.2, 0.25) is 0 Å². The highest BCUT2D eigenvalue weighted by atomic mass is 32.2. The van der Waals surface area contributed by atoms with E-state index in [0.717, 1.165) is 31.2 Å². The van der Waals surface area contributed by atoms with Crippen molar-refractivity contribution < 1.29 is 18.3 Å². The molecule has 0 amide bonds. The Labute approximate surface area is 155 Å². The quantitative estimate of drug-likeness (QED) is 0.536. The molecule has 2 bridgehead atoms. The molecule has 142 valence electrons. The van der Waals surface area contributed by atoms with E-state index in [0.29, 0.717) is 29.1 Å². The minimum absolute atomic E-state index is 0.00581. The van der Waals surface area contributed by atoms with Crippen molar-refractivity contribution in [2.45, 2.75) is 56.4 Å². The molecular weight excluding hydrogens is 350 g/mol. The number of benzene rings is 1. The van der Waals surface area contributed by atoms with E-state index >= 15 is 0 Å². The van der Waals surface area contributed by atoms with Crippen LogP contribution < -0.4 is 4.72 Å². The molecule has 0 radical (unpaired) electrons. The molecule has 0 aromatic heterocycles. The summed E-state index contributed by atoms with van der Waals surface area (Å²) < 4.78 is 28.3. The Hall–Kier alpha value is -1.66. The van der Waals surface area contributed by atoms with E-state index in [1.165, 1.54) is 0 Å². The van der Waals surface area contributed by atoms with Gasteiger partial charge < -0.3 is 5.11 Å². The number of unbranched alkanes of at least 4 members (excludes halogenated alkanes) is 1. The lowest BCUT2D eigenvalue weighted by Crippen LogP contribution is -2.40. The summed E-state index contributed by atoms with van der Waals surface area (Å²) >= 11 is 0. The van der Waals surface area contributed by atoms with Gasteiger partial charge in [-0.3, -0.25) is 4.79 Å². The number of allylic oxidation sites excluding steroid dienone is 2. The lowest BCUT2D eigenvalue weighted by Gasteiger charge is -2.28. The molecule has 0 heterocycles. The molecule has 0 aliphatic heterocycles. The fraction of sp³-hybridized carbons (Fsp3) is 0.550. The zero-order chi connectivity index (χ0) is 18.7. The summed E-state index contributed by atoms with van der Waals surface area (Å²) in [6.45, 7) is 1.94. The van der Waals surface area contributed by atoms with E-state index in [2.05, 4.69) is 16.9 Å². The summed E-state index contributed by atoms with van der Waals surface area (Å²) in [4.78, 5) is 10.9. The summed E-state index contributed by atoms with van der Waals surface area (Å²) in [5.41, 5.74) is 1.04. The van der Waals surface area contributed by atoms with Crippen molar-refractivity contribution in [3.63, 3.8) is 0 Å². The third-order valence-corrected chi connectivity index (χ3v) is 7.15. The third kappa shape index (κ3) is 4.54. The number of fused-ring (bicyclic) bond motifs is 2. The van der Waals surface area contributed by atoms with Crippen LogP contribution in [0.1, 0.15) is 44.1 Å². The zero-order valence-corrected chi connectivity index (χ0v) is 15.9. The molecule has 5 nitrogen and oxygen atoms in total. The average molecular weight is 378 g/mol. The van der Waals surface area contributed by atoms with Crippen molar-refractivity contribution in [2.75, 3.05) is 0 Å². The number of rotatable bonds is 8. The van der Waals surface area contributed by atoms with Crippen molar-refractivity contribution in [3.8, 4) is 0 Å². The van der Waals surface area contributed by atoms with Crippen molar-refractivity contribution in [2.24, 2.45) is 17.8 Å². The molecule has 0 saturated heterocycles. The van der Waals surface area contributed by atoms with Crippen LogP contribution in [0.5, 0.6) is 0 Å². The van der Waals surface area contributed by atoms with Gasteiger partial charge in [-0.15, -0.1) is 0 Å². The van der Waals surface area contributed by atoms with Crippen LogP contribution in [0.25, 0.3) is 0 Å². The maximum Gasteiger partial charge on any atom is 0.303 e. The van der Waals surface area contributed by atoms with Crippen molar-refractivity contribution in [3.05, 3.63) is 42.0 Å².